The first-order valence-electron chi connectivity index (χ1n) is 6.54. The molecule has 102 valence electrons. The van der Waals surface area contributed by atoms with Crippen molar-refractivity contribution < 1.29 is 9.26 Å². The Morgan fingerprint density at radius 3 is 2.84 bits per heavy atom. The number of hydrogen-bond acceptors (Lipinski definition) is 5. The van der Waals surface area contributed by atoms with Crippen LogP contribution in [0.3, 0.4) is 0 Å². The van der Waals surface area contributed by atoms with Gasteiger partial charge in [0.05, 0.1) is 18.7 Å². The van der Waals surface area contributed by atoms with Gasteiger partial charge in [-0.05, 0) is 20.3 Å². The van der Waals surface area contributed by atoms with Gasteiger partial charge in [0.1, 0.15) is 0 Å². The highest BCUT2D eigenvalue weighted by Gasteiger charge is 2.23. The zero-order chi connectivity index (χ0) is 13.4. The van der Waals surface area contributed by atoms with Crippen molar-refractivity contribution in [3.05, 3.63) is 28.7 Å². The minimum atomic E-state index is 0.286. The van der Waals surface area contributed by atoms with Crippen LogP contribution in [0, 0.1) is 13.8 Å². The van der Waals surface area contributed by atoms with Gasteiger partial charge in [-0.2, -0.15) is 10.1 Å². The Kier molecular flexibility index (Phi) is 3.10. The molecule has 2 aromatic rings. The molecular formula is C13H18N4O2. The number of ether oxygens (including phenoxy) is 1. The van der Waals surface area contributed by atoms with E-state index in [1.54, 1.807) is 0 Å². The SMILES string of the molecule is Cc1nn(C)c(C)c1Cc1nc(C2CCOC2)no1. The molecule has 0 spiro atoms. The number of nitrogens with zero attached hydrogens (tertiary/aromatic N) is 4. The highest BCUT2D eigenvalue weighted by molar-refractivity contribution is 5.27. The summed E-state index contributed by atoms with van der Waals surface area (Å²) in [5.41, 5.74) is 3.32. The van der Waals surface area contributed by atoms with Crippen molar-refractivity contribution in [2.75, 3.05) is 13.2 Å². The van der Waals surface area contributed by atoms with Crippen LogP contribution < -0.4 is 0 Å². The molecule has 0 saturated carbocycles. The minimum Gasteiger partial charge on any atom is -0.381 e. The lowest BCUT2D eigenvalue weighted by Crippen LogP contribution is -2.00. The molecule has 0 amide bonds. The summed E-state index contributed by atoms with van der Waals surface area (Å²) in [6, 6.07) is 0. The van der Waals surface area contributed by atoms with Crippen molar-refractivity contribution in [1.29, 1.82) is 0 Å². The molecule has 0 bridgehead atoms. The molecule has 0 aromatic carbocycles. The van der Waals surface area contributed by atoms with Crippen LogP contribution in [-0.4, -0.2) is 33.1 Å². The van der Waals surface area contributed by atoms with Gasteiger partial charge in [-0.3, -0.25) is 4.68 Å². The number of hydrogen-bond donors (Lipinski definition) is 0. The third kappa shape index (κ3) is 2.28. The van der Waals surface area contributed by atoms with E-state index < -0.39 is 0 Å². The van der Waals surface area contributed by atoms with E-state index in [4.69, 9.17) is 9.26 Å². The highest BCUT2D eigenvalue weighted by atomic mass is 16.5. The monoisotopic (exact) mass is 262 g/mol. The fourth-order valence-electron chi connectivity index (χ4n) is 2.47. The molecule has 1 saturated heterocycles. The average molecular weight is 262 g/mol. The fourth-order valence-corrected chi connectivity index (χ4v) is 2.47. The Hall–Kier alpha value is -1.69. The summed E-state index contributed by atoms with van der Waals surface area (Å²) in [5, 5.41) is 8.47. The second kappa shape index (κ2) is 4.77. The summed E-state index contributed by atoms with van der Waals surface area (Å²) in [6.45, 7) is 5.54. The molecule has 0 radical (unpaired) electrons. The lowest BCUT2D eigenvalue weighted by atomic mass is 10.1. The zero-order valence-corrected chi connectivity index (χ0v) is 11.5. The maximum atomic E-state index is 5.35. The average Bonchev–Trinajstić information content (AvgIpc) is 3.08. The molecule has 1 aliphatic heterocycles. The first-order valence-corrected chi connectivity index (χ1v) is 6.54. The maximum absolute atomic E-state index is 5.35. The van der Waals surface area contributed by atoms with Gasteiger partial charge in [0.15, 0.2) is 5.82 Å². The zero-order valence-electron chi connectivity index (χ0n) is 11.5. The smallest absolute Gasteiger partial charge is 0.231 e. The lowest BCUT2D eigenvalue weighted by molar-refractivity contribution is 0.192. The third-order valence-corrected chi connectivity index (χ3v) is 3.77. The van der Waals surface area contributed by atoms with Crippen LogP contribution in [0.4, 0.5) is 0 Å². The van der Waals surface area contributed by atoms with Crippen LogP contribution in [-0.2, 0) is 18.2 Å². The normalized spacial score (nSPS) is 19.2. The topological polar surface area (TPSA) is 66.0 Å². The fraction of sp³-hybridized carbons (Fsp3) is 0.615. The van der Waals surface area contributed by atoms with Gasteiger partial charge >= 0.3 is 0 Å². The molecule has 6 nitrogen and oxygen atoms in total. The van der Waals surface area contributed by atoms with Crippen molar-refractivity contribution in [1.82, 2.24) is 19.9 Å². The molecule has 19 heavy (non-hydrogen) atoms. The molecular weight excluding hydrogens is 244 g/mol. The van der Waals surface area contributed by atoms with E-state index in [9.17, 15) is 0 Å². The first-order chi connectivity index (χ1) is 9.15. The first kappa shape index (κ1) is 12.3. The van der Waals surface area contributed by atoms with E-state index in [-0.39, 0.29) is 5.92 Å². The molecule has 1 fully saturated rings. The summed E-state index contributed by atoms with van der Waals surface area (Å²) in [5.74, 6) is 1.71. The number of aryl methyl sites for hydroxylation is 2. The minimum absolute atomic E-state index is 0.286. The molecule has 0 aliphatic carbocycles. The molecule has 6 heteroatoms. The van der Waals surface area contributed by atoms with Crippen LogP contribution in [0.5, 0.6) is 0 Å². The van der Waals surface area contributed by atoms with E-state index in [2.05, 4.69) is 22.2 Å². The molecule has 2 aromatic heterocycles. The van der Waals surface area contributed by atoms with E-state index in [0.29, 0.717) is 18.9 Å². The van der Waals surface area contributed by atoms with E-state index in [1.165, 1.54) is 5.56 Å². The van der Waals surface area contributed by atoms with Crippen LogP contribution in [0.25, 0.3) is 0 Å². The van der Waals surface area contributed by atoms with Gasteiger partial charge in [0, 0.05) is 30.8 Å². The predicted molar refractivity (Wildman–Crippen MR) is 68.0 cm³/mol. The van der Waals surface area contributed by atoms with Crippen molar-refractivity contribution in [2.24, 2.45) is 7.05 Å². The van der Waals surface area contributed by atoms with Gasteiger partial charge < -0.3 is 9.26 Å². The summed E-state index contributed by atoms with van der Waals surface area (Å²) in [6.07, 6.45) is 1.62. The van der Waals surface area contributed by atoms with Gasteiger partial charge in [0.2, 0.25) is 5.89 Å². The van der Waals surface area contributed by atoms with Crippen molar-refractivity contribution in [2.45, 2.75) is 32.6 Å². The molecule has 3 heterocycles. The molecule has 1 atom stereocenters. The lowest BCUT2D eigenvalue weighted by Gasteiger charge is -1.98. The Bertz CT molecular complexity index is 581. The van der Waals surface area contributed by atoms with E-state index in [0.717, 1.165) is 30.2 Å². The Morgan fingerprint density at radius 1 is 1.37 bits per heavy atom. The standard InChI is InChI=1S/C13H18N4O2/c1-8-11(9(2)17(3)15-8)6-12-14-13(16-19-12)10-4-5-18-7-10/h10H,4-7H2,1-3H3. The molecule has 1 unspecified atom stereocenters. The predicted octanol–water partition coefficient (Wildman–Crippen LogP) is 1.51. The summed E-state index contributed by atoms with van der Waals surface area (Å²) in [7, 11) is 1.95. The van der Waals surface area contributed by atoms with Gasteiger partial charge in [-0.25, -0.2) is 0 Å². The van der Waals surface area contributed by atoms with Crippen molar-refractivity contribution >= 4 is 0 Å². The largest absolute Gasteiger partial charge is 0.381 e. The van der Waals surface area contributed by atoms with E-state index in [1.807, 2.05) is 18.7 Å². The number of rotatable bonds is 3. The summed E-state index contributed by atoms with van der Waals surface area (Å²) < 4.78 is 12.6. The van der Waals surface area contributed by atoms with Crippen molar-refractivity contribution in [3.8, 4) is 0 Å². The molecule has 1 aliphatic rings. The van der Waals surface area contributed by atoms with Crippen LogP contribution in [0.2, 0.25) is 0 Å². The van der Waals surface area contributed by atoms with Gasteiger partial charge in [0.25, 0.3) is 0 Å². The second-order valence-corrected chi connectivity index (χ2v) is 5.06. The second-order valence-electron chi connectivity index (χ2n) is 5.06. The van der Waals surface area contributed by atoms with Crippen LogP contribution >= 0.6 is 0 Å². The quantitative estimate of drug-likeness (QED) is 0.839. The third-order valence-electron chi connectivity index (χ3n) is 3.77. The Labute approximate surface area is 111 Å². The van der Waals surface area contributed by atoms with E-state index >= 15 is 0 Å². The highest BCUT2D eigenvalue weighted by Crippen LogP contribution is 2.23. The Balaban J connectivity index is 1.80. The van der Waals surface area contributed by atoms with Crippen LogP contribution in [0.1, 0.15) is 41.0 Å². The van der Waals surface area contributed by atoms with Gasteiger partial charge in [-0.1, -0.05) is 5.16 Å². The van der Waals surface area contributed by atoms with Gasteiger partial charge in [-0.15, -0.1) is 0 Å². The summed E-state index contributed by atoms with van der Waals surface area (Å²) in [4.78, 5) is 4.48. The van der Waals surface area contributed by atoms with Crippen molar-refractivity contribution in [3.63, 3.8) is 0 Å². The Morgan fingerprint density at radius 2 is 2.21 bits per heavy atom. The molecule has 3 rings (SSSR count). The number of aromatic nitrogens is 4. The molecule has 0 N–H and O–H groups in total. The summed E-state index contributed by atoms with van der Waals surface area (Å²) >= 11 is 0. The maximum Gasteiger partial charge on any atom is 0.231 e. The van der Waals surface area contributed by atoms with Crippen LogP contribution in [0.15, 0.2) is 4.52 Å².